The summed E-state index contributed by atoms with van der Waals surface area (Å²) in [5.41, 5.74) is 1.39. The molecule has 0 spiro atoms. The van der Waals surface area contributed by atoms with E-state index in [0.29, 0.717) is 24.4 Å². The van der Waals surface area contributed by atoms with Gasteiger partial charge in [0.25, 0.3) is 10.0 Å². The number of sulfonamides is 1. The van der Waals surface area contributed by atoms with Crippen LogP contribution < -0.4 is 14.4 Å². The minimum atomic E-state index is -3.87. The molecule has 2 aromatic rings. The highest BCUT2D eigenvalue weighted by atomic mass is 32.2. The van der Waals surface area contributed by atoms with Crippen LogP contribution in [0.25, 0.3) is 0 Å². The van der Waals surface area contributed by atoms with Crippen molar-refractivity contribution in [1.82, 2.24) is 5.32 Å². The fourth-order valence-corrected chi connectivity index (χ4v) is 4.66. The van der Waals surface area contributed by atoms with Crippen molar-refractivity contribution in [1.29, 1.82) is 0 Å². The Morgan fingerprint density at radius 3 is 2.52 bits per heavy atom. The van der Waals surface area contributed by atoms with E-state index in [0.717, 1.165) is 5.56 Å². The summed E-state index contributed by atoms with van der Waals surface area (Å²) in [5.74, 6) is 0.275. The SMILES string of the molecule is CCNC(=O)C1Cc2ccccc2N1S(=O)(=O)c1ccc(OC)cc1. The molecular formula is C18H20N2O4S. The van der Waals surface area contributed by atoms with Crippen molar-refractivity contribution < 1.29 is 17.9 Å². The zero-order chi connectivity index (χ0) is 18.0. The molecular weight excluding hydrogens is 340 g/mol. The number of likely N-dealkylation sites (N-methyl/N-ethyl adjacent to an activating group) is 1. The van der Waals surface area contributed by atoms with Crippen LogP contribution in [0.5, 0.6) is 5.75 Å². The van der Waals surface area contributed by atoms with Crippen LogP contribution in [0.2, 0.25) is 0 Å². The van der Waals surface area contributed by atoms with Crippen molar-refractivity contribution in [2.24, 2.45) is 0 Å². The molecule has 2 aromatic carbocycles. The van der Waals surface area contributed by atoms with Gasteiger partial charge in [-0.3, -0.25) is 9.10 Å². The first kappa shape index (κ1) is 17.3. The van der Waals surface area contributed by atoms with Gasteiger partial charge in [-0.15, -0.1) is 0 Å². The molecule has 1 amide bonds. The van der Waals surface area contributed by atoms with Crippen LogP contribution in [0.3, 0.4) is 0 Å². The Bertz CT molecular complexity index is 878. The van der Waals surface area contributed by atoms with Crippen molar-refractivity contribution in [3.8, 4) is 5.75 Å². The monoisotopic (exact) mass is 360 g/mol. The highest BCUT2D eigenvalue weighted by Gasteiger charge is 2.41. The summed E-state index contributed by atoms with van der Waals surface area (Å²) in [6.45, 7) is 2.25. The molecule has 0 saturated heterocycles. The van der Waals surface area contributed by atoms with E-state index in [9.17, 15) is 13.2 Å². The van der Waals surface area contributed by atoms with Gasteiger partial charge in [0.05, 0.1) is 17.7 Å². The van der Waals surface area contributed by atoms with Gasteiger partial charge in [-0.05, 0) is 42.8 Å². The van der Waals surface area contributed by atoms with Crippen molar-refractivity contribution >= 4 is 21.6 Å². The number of fused-ring (bicyclic) bond motifs is 1. The van der Waals surface area contributed by atoms with Crippen molar-refractivity contribution in [2.75, 3.05) is 18.0 Å². The number of amides is 1. The van der Waals surface area contributed by atoms with Crippen LogP contribution >= 0.6 is 0 Å². The van der Waals surface area contributed by atoms with Gasteiger partial charge in [-0.25, -0.2) is 8.42 Å². The lowest BCUT2D eigenvalue weighted by molar-refractivity contribution is -0.121. The van der Waals surface area contributed by atoms with Crippen LogP contribution in [0, 0.1) is 0 Å². The van der Waals surface area contributed by atoms with Crippen molar-refractivity contribution in [3.63, 3.8) is 0 Å². The minimum Gasteiger partial charge on any atom is -0.497 e. The van der Waals surface area contributed by atoms with E-state index in [1.54, 1.807) is 24.3 Å². The third-order valence-corrected chi connectivity index (χ3v) is 6.03. The Hall–Kier alpha value is -2.54. The molecule has 6 nitrogen and oxygen atoms in total. The maximum atomic E-state index is 13.2. The zero-order valence-electron chi connectivity index (χ0n) is 14.1. The molecule has 1 unspecified atom stereocenters. The summed E-state index contributed by atoms with van der Waals surface area (Å²) >= 11 is 0. The number of ether oxygens (including phenoxy) is 1. The summed E-state index contributed by atoms with van der Waals surface area (Å²) in [6.07, 6.45) is 0.359. The van der Waals surface area contributed by atoms with E-state index in [4.69, 9.17) is 4.74 Å². The third-order valence-electron chi connectivity index (χ3n) is 4.20. The van der Waals surface area contributed by atoms with Crippen molar-refractivity contribution in [3.05, 3.63) is 54.1 Å². The number of para-hydroxylation sites is 1. The molecule has 7 heteroatoms. The summed E-state index contributed by atoms with van der Waals surface area (Å²) < 4.78 is 32.8. The highest BCUT2D eigenvalue weighted by molar-refractivity contribution is 7.93. The largest absolute Gasteiger partial charge is 0.497 e. The minimum absolute atomic E-state index is 0.124. The van der Waals surface area contributed by atoms with Gasteiger partial charge in [0.2, 0.25) is 5.91 Å². The Balaban J connectivity index is 2.07. The van der Waals surface area contributed by atoms with Gasteiger partial charge in [0.1, 0.15) is 11.8 Å². The summed E-state index contributed by atoms with van der Waals surface area (Å²) in [6, 6.07) is 12.6. The molecule has 1 heterocycles. The Kier molecular flexibility index (Phi) is 4.67. The lowest BCUT2D eigenvalue weighted by atomic mass is 10.1. The average molecular weight is 360 g/mol. The first-order valence-corrected chi connectivity index (χ1v) is 9.47. The number of nitrogens with one attached hydrogen (secondary N) is 1. The number of methoxy groups -OCH3 is 1. The average Bonchev–Trinajstić information content (AvgIpc) is 3.02. The molecule has 1 aliphatic heterocycles. The van der Waals surface area contributed by atoms with Crippen LogP contribution in [-0.4, -0.2) is 34.0 Å². The summed E-state index contributed by atoms with van der Waals surface area (Å²) in [5, 5.41) is 2.73. The van der Waals surface area contributed by atoms with Gasteiger partial charge in [-0.1, -0.05) is 18.2 Å². The van der Waals surface area contributed by atoms with E-state index < -0.39 is 16.1 Å². The predicted molar refractivity (Wildman–Crippen MR) is 95.3 cm³/mol. The number of carbonyl (C=O) groups is 1. The molecule has 0 bridgehead atoms. The molecule has 0 aromatic heterocycles. The molecule has 1 aliphatic rings. The number of rotatable bonds is 5. The fourth-order valence-electron chi connectivity index (χ4n) is 3.01. The Morgan fingerprint density at radius 1 is 1.20 bits per heavy atom. The first-order valence-electron chi connectivity index (χ1n) is 8.03. The molecule has 0 radical (unpaired) electrons. The van der Waals surface area contributed by atoms with E-state index >= 15 is 0 Å². The van der Waals surface area contributed by atoms with Crippen molar-refractivity contribution in [2.45, 2.75) is 24.3 Å². The molecule has 0 saturated carbocycles. The van der Waals surface area contributed by atoms with Gasteiger partial charge in [0.15, 0.2) is 0 Å². The molecule has 3 rings (SSSR count). The number of anilines is 1. The van der Waals surface area contributed by atoms with E-state index in [1.807, 2.05) is 19.1 Å². The molecule has 0 aliphatic carbocycles. The smallest absolute Gasteiger partial charge is 0.265 e. The molecule has 0 fully saturated rings. The number of carbonyl (C=O) groups excluding carboxylic acids is 1. The number of hydrogen-bond donors (Lipinski definition) is 1. The standard InChI is InChI=1S/C18H20N2O4S/c1-3-19-18(21)17-12-13-6-4-5-7-16(13)20(17)25(22,23)15-10-8-14(24-2)9-11-15/h4-11,17H,3,12H2,1-2H3,(H,19,21). The maximum Gasteiger partial charge on any atom is 0.265 e. The lowest BCUT2D eigenvalue weighted by Crippen LogP contribution is -2.47. The molecule has 1 N–H and O–H groups in total. The van der Waals surface area contributed by atoms with Crippen LogP contribution in [0.4, 0.5) is 5.69 Å². The first-order chi connectivity index (χ1) is 12.0. The third kappa shape index (κ3) is 3.07. The number of nitrogens with zero attached hydrogens (tertiary/aromatic N) is 1. The second-order valence-electron chi connectivity index (χ2n) is 5.72. The molecule has 25 heavy (non-hydrogen) atoms. The van der Waals surface area contributed by atoms with Gasteiger partial charge in [-0.2, -0.15) is 0 Å². The fraction of sp³-hybridized carbons (Fsp3) is 0.278. The van der Waals surface area contributed by atoms with Crippen LogP contribution in [0.15, 0.2) is 53.4 Å². The lowest BCUT2D eigenvalue weighted by Gasteiger charge is -2.26. The molecule has 132 valence electrons. The second-order valence-corrected chi connectivity index (χ2v) is 7.53. The Morgan fingerprint density at radius 2 is 1.88 bits per heavy atom. The summed E-state index contributed by atoms with van der Waals surface area (Å²) in [7, 11) is -2.35. The predicted octanol–water partition coefficient (Wildman–Crippen LogP) is 1.95. The normalized spacial score (nSPS) is 16.4. The Labute approximate surface area is 147 Å². The zero-order valence-corrected chi connectivity index (χ0v) is 14.9. The van der Waals surface area contributed by atoms with Crippen LogP contribution in [-0.2, 0) is 21.2 Å². The van der Waals surface area contributed by atoms with Gasteiger partial charge in [0, 0.05) is 13.0 Å². The maximum absolute atomic E-state index is 13.2. The van der Waals surface area contributed by atoms with E-state index in [1.165, 1.54) is 23.5 Å². The van der Waals surface area contributed by atoms with Gasteiger partial charge >= 0.3 is 0 Å². The van der Waals surface area contributed by atoms with E-state index in [2.05, 4.69) is 5.32 Å². The topological polar surface area (TPSA) is 75.7 Å². The van der Waals surface area contributed by atoms with Gasteiger partial charge < -0.3 is 10.1 Å². The summed E-state index contributed by atoms with van der Waals surface area (Å²) in [4.78, 5) is 12.6. The second kappa shape index (κ2) is 6.76. The van der Waals surface area contributed by atoms with E-state index in [-0.39, 0.29) is 10.8 Å². The molecule has 1 atom stereocenters. The number of benzene rings is 2. The van der Waals surface area contributed by atoms with Crippen LogP contribution in [0.1, 0.15) is 12.5 Å². The highest BCUT2D eigenvalue weighted by Crippen LogP contribution is 2.37. The number of hydrogen-bond acceptors (Lipinski definition) is 4. The quantitative estimate of drug-likeness (QED) is 0.884.